The second-order valence-corrected chi connectivity index (χ2v) is 7.41. The molecule has 1 amide bonds. The molecular weight excluding hydrogens is 350 g/mol. The third kappa shape index (κ3) is 4.03. The average molecular weight is 375 g/mol. The summed E-state index contributed by atoms with van der Waals surface area (Å²) in [6, 6.07) is 0. The van der Waals surface area contributed by atoms with Crippen molar-refractivity contribution in [2.45, 2.75) is 44.3 Å². The molecule has 27 heavy (non-hydrogen) atoms. The Hall–Kier alpha value is -2.26. The Labute approximate surface area is 157 Å². The molecule has 2 aromatic rings. The number of amides is 1. The maximum Gasteiger partial charge on any atom is 0.257 e. The zero-order valence-electron chi connectivity index (χ0n) is 15.5. The van der Waals surface area contributed by atoms with E-state index in [1.54, 1.807) is 19.5 Å². The van der Waals surface area contributed by atoms with Crippen molar-refractivity contribution >= 4 is 5.91 Å². The molecule has 2 aliphatic heterocycles. The molecule has 1 atom stereocenters. The Balaban J connectivity index is 1.33. The van der Waals surface area contributed by atoms with Crippen molar-refractivity contribution < 1.29 is 18.8 Å². The van der Waals surface area contributed by atoms with Gasteiger partial charge in [-0.3, -0.25) is 9.89 Å². The van der Waals surface area contributed by atoms with Gasteiger partial charge in [0, 0.05) is 39.4 Å². The highest BCUT2D eigenvalue weighted by molar-refractivity contribution is 5.93. The third-order valence-electron chi connectivity index (χ3n) is 5.55. The molecule has 0 saturated carbocycles. The minimum Gasteiger partial charge on any atom is -0.375 e. The summed E-state index contributed by atoms with van der Waals surface area (Å²) in [5.41, 5.74) is 0.465. The highest BCUT2D eigenvalue weighted by Gasteiger charge is 2.41. The first-order valence-electron chi connectivity index (χ1n) is 9.40. The summed E-state index contributed by atoms with van der Waals surface area (Å²) in [4.78, 5) is 18.8. The number of piperidine rings is 1. The summed E-state index contributed by atoms with van der Waals surface area (Å²) in [6.07, 6.45) is 7.67. The minimum atomic E-state index is -0.144. The van der Waals surface area contributed by atoms with E-state index in [2.05, 4.69) is 20.3 Å². The lowest BCUT2D eigenvalue weighted by Gasteiger charge is -2.46. The lowest BCUT2D eigenvalue weighted by Crippen LogP contribution is -2.51. The van der Waals surface area contributed by atoms with Gasteiger partial charge in [0.2, 0.25) is 0 Å². The van der Waals surface area contributed by atoms with E-state index in [9.17, 15) is 4.79 Å². The Bertz CT molecular complexity index is 752. The van der Waals surface area contributed by atoms with Crippen molar-refractivity contribution in [3.8, 4) is 0 Å². The van der Waals surface area contributed by atoms with E-state index in [-0.39, 0.29) is 11.5 Å². The maximum absolute atomic E-state index is 12.5. The van der Waals surface area contributed by atoms with Gasteiger partial charge in [0.05, 0.1) is 17.4 Å². The molecule has 2 saturated heterocycles. The van der Waals surface area contributed by atoms with Gasteiger partial charge in [0.15, 0.2) is 5.82 Å². The first kappa shape index (κ1) is 18.1. The lowest BCUT2D eigenvalue weighted by atomic mass is 9.78. The molecule has 9 heteroatoms. The van der Waals surface area contributed by atoms with E-state index in [4.69, 9.17) is 14.0 Å². The number of nitrogens with zero attached hydrogens (tertiary/aromatic N) is 4. The van der Waals surface area contributed by atoms with Crippen LogP contribution in [0, 0.1) is 5.92 Å². The molecule has 9 nitrogen and oxygen atoms in total. The first-order valence-corrected chi connectivity index (χ1v) is 9.40. The molecule has 146 valence electrons. The Morgan fingerprint density at radius 2 is 2.30 bits per heavy atom. The number of likely N-dealkylation sites (tertiary alicyclic amines) is 1. The largest absolute Gasteiger partial charge is 0.375 e. The van der Waals surface area contributed by atoms with Gasteiger partial charge in [0.1, 0.15) is 6.61 Å². The maximum atomic E-state index is 12.5. The molecule has 0 aromatic carbocycles. The second kappa shape index (κ2) is 7.77. The minimum absolute atomic E-state index is 0.0310. The van der Waals surface area contributed by atoms with E-state index in [1.165, 1.54) is 0 Å². The van der Waals surface area contributed by atoms with E-state index in [0.29, 0.717) is 37.1 Å². The number of carbonyl (C=O) groups excluding carboxylic acids is 1. The van der Waals surface area contributed by atoms with Crippen LogP contribution in [0.2, 0.25) is 0 Å². The summed E-state index contributed by atoms with van der Waals surface area (Å²) in [7, 11) is 1.61. The van der Waals surface area contributed by atoms with Crippen molar-refractivity contribution in [2.75, 3.05) is 26.8 Å². The molecule has 4 rings (SSSR count). The number of aromatic nitrogens is 4. The number of hydrogen-bond acceptors (Lipinski definition) is 7. The summed E-state index contributed by atoms with van der Waals surface area (Å²) in [5.74, 6) is 1.74. The van der Waals surface area contributed by atoms with Crippen LogP contribution in [0.1, 0.15) is 47.8 Å². The number of H-pyrrole nitrogens is 1. The van der Waals surface area contributed by atoms with Gasteiger partial charge in [-0.1, -0.05) is 5.16 Å². The summed E-state index contributed by atoms with van der Waals surface area (Å²) < 4.78 is 16.4. The standard InChI is InChI=1S/C18H25N5O4/c1-25-12-16-21-15(22-27-16)8-13-2-7-26-18(9-13)3-5-23(6-4-18)17(24)14-10-19-20-11-14/h10-11,13H,2-9,12H2,1H3,(H,19,20). The smallest absolute Gasteiger partial charge is 0.257 e. The Kier molecular flexibility index (Phi) is 5.22. The summed E-state index contributed by atoms with van der Waals surface area (Å²) in [6.45, 7) is 2.49. The van der Waals surface area contributed by atoms with Crippen LogP contribution in [0.5, 0.6) is 0 Å². The van der Waals surface area contributed by atoms with E-state index < -0.39 is 0 Å². The summed E-state index contributed by atoms with van der Waals surface area (Å²) in [5, 5.41) is 10.6. The van der Waals surface area contributed by atoms with Crippen molar-refractivity contribution in [1.29, 1.82) is 0 Å². The SMILES string of the molecule is COCc1nc(CC2CCOC3(CCN(C(=O)c4cn[nH]c4)CC3)C2)no1. The molecule has 0 radical (unpaired) electrons. The fourth-order valence-electron chi connectivity index (χ4n) is 4.13. The van der Waals surface area contributed by atoms with Crippen LogP contribution in [-0.4, -0.2) is 63.6 Å². The molecule has 2 aromatic heterocycles. The number of carbonyl (C=O) groups is 1. The molecule has 0 bridgehead atoms. The van der Waals surface area contributed by atoms with E-state index in [0.717, 1.165) is 44.5 Å². The van der Waals surface area contributed by atoms with Crippen LogP contribution < -0.4 is 0 Å². The van der Waals surface area contributed by atoms with Gasteiger partial charge < -0.3 is 18.9 Å². The van der Waals surface area contributed by atoms with Gasteiger partial charge in [-0.15, -0.1) is 0 Å². The zero-order chi connectivity index (χ0) is 18.7. The van der Waals surface area contributed by atoms with Crippen molar-refractivity contribution in [3.63, 3.8) is 0 Å². The fourth-order valence-corrected chi connectivity index (χ4v) is 4.13. The molecular formula is C18H25N5O4. The monoisotopic (exact) mass is 375 g/mol. The highest BCUT2D eigenvalue weighted by atomic mass is 16.5. The fraction of sp³-hybridized carbons (Fsp3) is 0.667. The van der Waals surface area contributed by atoms with E-state index >= 15 is 0 Å². The predicted molar refractivity (Wildman–Crippen MR) is 93.8 cm³/mol. The summed E-state index contributed by atoms with van der Waals surface area (Å²) >= 11 is 0. The van der Waals surface area contributed by atoms with Gasteiger partial charge in [0.25, 0.3) is 11.8 Å². The Morgan fingerprint density at radius 1 is 1.44 bits per heavy atom. The van der Waals surface area contributed by atoms with Crippen molar-refractivity contribution in [2.24, 2.45) is 5.92 Å². The number of rotatable bonds is 5. The molecule has 2 aliphatic rings. The van der Waals surface area contributed by atoms with Gasteiger partial charge in [-0.25, -0.2) is 0 Å². The highest BCUT2D eigenvalue weighted by Crippen LogP contribution is 2.38. The number of methoxy groups -OCH3 is 1. The first-order chi connectivity index (χ1) is 13.2. The number of aromatic amines is 1. The van der Waals surface area contributed by atoms with Crippen LogP contribution >= 0.6 is 0 Å². The molecule has 1 unspecified atom stereocenters. The third-order valence-corrected chi connectivity index (χ3v) is 5.55. The number of hydrogen-bond donors (Lipinski definition) is 1. The van der Waals surface area contributed by atoms with Crippen LogP contribution in [0.25, 0.3) is 0 Å². The molecule has 1 spiro atoms. The number of nitrogens with one attached hydrogen (secondary N) is 1. The zero-order valence-corrected chi connectivity index (χ0v) is 15.5. The van der Waals surface area contributed by atoms with Crippen molar-refractivity contribution in [1.82, 2.24) is 25.2 Å². The predicted octanol–water partition coefficient (Wildman–Crippen LogP) is 1.58. The average Bonchev–Trinajstić information content (AvgIpc) is 3.35. The van der Waals surface area contributed by atoms with Crippen LogP contribution in [0.4, 0.5) is 0 Å². The van der Waals surface area contributed by atoms with Crippen LogP contribution in [-0.2, 0) is 22.5 Å². The van der Waals surface area contributed by atoms with Crippen LogP contribution in [0.15, 0.2) is 16.9 Å². The molecule has 4 heterocycles. The number of ether oxygens (including phenoxy) is 2. The molecule has 0 aliphatic carbocycles. The van der Waals surface area contributed by atoms with Gasteiger partial charge in [-0.2, -0.15) is 10.1 Å². The normalized spacial score (nSPS) is 22.3. The molecule has 2 fully saturated rings. The topological polar surface area (TPSA) is 106 Å². The Morgan fingerprint density at radius 3 is 3.04 bits per heavy atom. The van der Waals surface area contributed by atoms with Gasteiger partial charge in [-0.05, 0) is 31.6 Å². The van der Waals surface area contributed by atoms with Crippen molar-refractivity contribution in [3.05, 3.63) is 29.7 Å². The molecule has 1 N–H and O–H groups in total. The lowest BCUT2D eigenvalue weighted by molar-refractivity contribution is -0.123. The van der Waals surface area contributed by atoms with E-state index in [1.807, 2.05) is 4.90 Å². The van der Waals surface area contributed by atoms with Gasteiger partial charge >= 0.3 is 0 Å². The second-order valence-electron chi connectivity index (χ2n) is 7.41. The quantitative estimate of drug-likeness (QED) is 0.845. The van der Waals surface area contributed by atoms with Crippen LogP contribution in [0.3, 0.4) is 0 Å².